The van der Waals surface area contributed by atoms with Gasteiger partial charge in [0.15, 0.2) is 0 Å². The second-order valence-electron chi connectivity index (χ2n) is 4.76. The highest BCUT2D eigenvalue weighted by Crippen LogP contribution is 2.24. The van der Waals surface area contributed by atoms with Crippen LogP contribution in [0.3, 0.4) is 0 Å². The highest BCUT2D eigenvalue weighted by atomic mass is 16.6. The minimum absolute atomic E-state index is 0.00775. The summed E-state index contributed by atoms with van der Waals surface area (Å²) in [6.45, 7) is 1.31. The maximum absolute atomic E-state index is 12.1. The molecular formula is C15H18O4. The first-order valence-corrected chi connectivity index (χ1v) is 6.65. The van der Waals surface area contributed by atoms with Crippen LogP contribution in [0.25, 0.3) is 0 Å². The summed E-state index contributed by atoms with van der Waals surface area (Å²) in [5, 5.41) is 0. The number of hydrogen-bond acceptors (Lipinski definition) is 4. The van der Waals surface area contributed by atoms with Crippen molar-refractivity contribution in [3.8, 4) is 5.75 Å². The number of benzene rings is 1. The number of carbonyl (C=O) groups is 2. The summed E-state index contributed by atoms with van der Waals surface area (Å²) in [5.41, 5.74) is 0.309. The van der Waals surface area contributed by atoms with E-state index in [2.05, 4.69) is 0 Å². The minimum atomic E-state index is -0.446. The molecule has 0 N–H and O–H groups in total. The van der Waals surface area contributed by atoms with Gasteiger partial charge in [-0.1, -0.05) is 18.6 Å². The van der Waals surface area contributed by atoms with Crippen molar-refractivity contribution in [1.82, 2.24) is 0 Å². The Morgan fingerprint density at radius 2 is 1.79 bits per heavy atom. The molecule has 0 aliphatic heterocycles. The van der Waals surface area contributed by atoms with E-state index in [0.29, 0.717) is 5.56 Å². The molecule has 19 heavy (non-hydrogen) atoms. The molecule has 4 nitrogen and oxygen atoms in total. The molecule has 0 spiro atoms. The van der Waals surface area contributed by atoms with E-state index in [1.54, 1.807) is 24.3 Å². The van der Waals surface area contributed by atoms with Gasteiger partial charge in [0.2, 0.25) is 0 Å². The minimum Gasteiger partial charge on any atom is -0.459 e. The van der Waals surface area contributed by atoms with Gasteiger partial charge >= 0.3 is 11.9 Å². The Labute approximate surface area is 112 Å². The summed E-state index contributed by atoms with van der Waals surface area (Å²) < 4.78 is 10.5. The average Bonchev–Trinajstić information content (AvgIpc) is 2.39. The molecule has 0 saturated heterocycles. The van der Waals surface area contributed by atoms with E-state index in [0.717, 1.165) is 25.7 Å². The summed E-state index contributed by atoms with van der Waals surface area (Å²) in [4.78, 5) is 23.1. The Kier molecular flexibility index (Phi) is 4.55. The molecule has 0 aromatic heterocycles. The average molecular weight is 262 g/mol. The van der Waals surface area contributed by atoms with Crippen LogP contribution in [0.5, 0.6) is 5.75 Å². The molecule has 2 rings (SSSR count). The van der Waals surface area contributed by atoms with Crippen LogP contribution in [0.4, 0.5) is 0 Å². The zero-order chi connectivity index (χ0) is 13.7. The third-order valence-electron chi connectivity index (χ3n) is 3.19. The molecule has 1 fully saturated rings. The molecule has 1 saturated carbocycles. The fraction of sp³-hybridized carbons (Fsp3) is 0.467. The second kappa shape index (κ2) is 6.36. The number of para-hydroxylation sites is 1. The number of rotatable bonds is 3. The van der Waals surface area contributed by atoms with Gasteiger partial charge in [-0.05, 0) is 37.8 Å². The molecule has 0 atom stereocenters. The molecule has 1 aromatic carbocycles. The van der Waals surface area contributed by atoms with Crippen LogP contribution in [0.1, 0.15) is 49.4 Å². The predicted octanol–water partition coefficient (Wildman–Crippen LogP) is 3.10. The molecule has 0 unspecified atom stereocenters. The van der Waals surface area contributed by atoms with Crippen LogP contribution in [0.2, 0.25) is 0 Å². The van der Waals surface area contributed by atoms with Gasteiger partial charge in [0.05, 0.1) is 0 Å². The fourth-order valence-corrected chi connectivity index (χ4v) is 2.28. The van der Waals surface area contributed by atoms with Crippen molar-refractivity contribution in [2.24, 2.45) is 0 Å². The van der Waals surface area contributed by atoms with Crippen molar-refractivity contribution in [3.05, 3.63) is 29.8 Å². The molecule has 0 amide bonds. The van der Waals surface area contributed by atoms with E-state index in [1.165, 1.54) is 13.3 Å². The van der Waals surface area contributed by atoms with E-state index < -0.39 is 11.9 Å². The standard InChI is InChI=1S/C15H18O4/c1-11(16)18-14-10-6-5-9-13(14)15(17)19-12-7-3-2-4-8-12/h5-6,9-10,12H,2-4,7-8H2,1H3. The number of ether oxygens (including phenoxy) is 2. The normalized spacial score (nSPS) is 15.8. The molecule has 0 radical (unpaired) electrons. The predicted molar refractivity (Wildman–Crippen MR) is 70.0 cm³/mol. The van der Waals surface area contributed by atoms with E-state index in [4.69, 9.17) is 9.47 Å². The molecule has 102 valence electrons. The van der Waals surface area contributed by atoms with Gasteiger partial charge in [-0.3, -0.25) is 4.79 Å². The molecule has 0 bridgehead atoms. The molecule has 1 aliphatic rings. The quantitative estimate of drug-likeness (QED) is 0.620. The lowest BCUT2D eigenvalue weighted by Crippen LogP contribution is -2.21. The summed E-state index contributed by atoms with van der Waals surface area (Å²) in [6.07, 6.45) is 5.24. The van der Waals surface area contributed by atoms with Crippen LogP contribution in [0, 0.1) is 0 Å². The van der Waals surface area contributed by atoms with E-state index >= 15 is 0 Å². The lowest BCUT2D eigenvalue weighted by Gasteiger charge is -2.22. The van der Waals surface area contributed by atoms with Crippen molar-refractivity contribution in [1.29, 1.82) is 0 Å². The van der Waals surface area contributed by atoms with Crippen molar-refractivity contribution >= 4 is 11.9 Å². The SMILES string of the molecule is CC(=O)Oc1ccccc1C(=O)OC1CCCCC1. The monoisotopic (exact) mass is 262 g/mol. The molecule has 4 heteroatoms. The third kappa shape index (κ3) is 3.81. The van der Waals surface area contributed by atoms with Gasteiger partial charge in [0.1, 0.15) is 17.4 Å². The summed E-state index contributed by atoms with van der Waals surface area (Å²) in [6, 6.07) is 6.66. The largest absolute Gasteiger partial charge is 0.459 e. The Balaban J connectivity index is 2.07. The maximum atomic E-state index is 12.1. The molecule has 1 aliphatic carbocycles. The van der Waals surface area contributed by atoms with Crippen LogP contribution < -0.4 is 4.74 Å². The van der Waals surface area contributed by atoms with Gasteiger partial charge < -0.3 is 9.47 Å². The van der Waals surface area contributed by atoms with Crippen molar-refractivity contribution in [2.45, 2.75) is 45.1 Å². The Morgan fingerprint density at radius 3 is 2.47 bits per heavy atom. The Morgan fingerprint density at radius 1 is 1.11 bits per heavy atom. The molecular weight excluding hydrogens is 244 g/mol. The lowest BCUT2D eigenvalue weighted by molar-refractivity contribution is -0.131. The first kappa shape index (κ1) is 13.6. The van der Waals surface area contributed by atoms with Gasteiger partial charge in [0.25, 0.3) is 0 Å². The number of carbonyl (C=O) groups excluding carboxylic acids is 2. The smallest absolute Gasteiger partial charge is 0.342 e. The highest BCUT2D eigenvalue weighted by Gasteiger charge is 2.21. The fourth-order valence-electron chi connectivity index (χ4n) is 2.28. The van der Waals surface area contributed by atoms with E-state index in [1.807, 2.05) is 0 Å². The summed E-state index contributed by atoms with van der Waals surface area (Å²) in [7, 11) is 0. The van der Waals surface area contributed by atoms with Gasteiger partial charge in [0, 0.05) is 6.92 Å². The topological polar surface area (TPSA) is 52.6 Å². The van der Waals surface area contributed by atoms with Gasteiger partial charge in [-0.25, -0.2) is 4.79 Å². The number of esters is 2. The third-order valence-corrected chi connectivity index (χ3v) is 3.19. The zero-order valence-electron chi connectivity index (χ0n) is 11.1. The molecule has 1 aromatic rings. The second-order valence-corrected chi connectivity index (χ2v) is 4.76. The summed E-state index contributed by atoms with van der Waals surface area (Å²) in [5.74, 6) is -0.600. The summed E-state index contributed by atoms with van der Waals surface area (Å²) >= 11 is 0. The van der Waals surface area contributed by atoms with Crippen LogP contribution >= 0.6 is 0 Å². The molecule has 0 heterocycles. The van der Waals surface area contributed by atoms with E-state index in [-0.39, 0.29) is 11.9 Å². The van der Waals surface area contributed by atoms with E-state index in [9.17, 15) is 9.59 Å². The first-order valence-electron chi connectivity index (χ1n) is 6.65. The van der Waals surface area contributed by atoms with Crippen molar-refractivity contribution in [2.75, 3.05) is 0 Å². The van der Waals surface area contributed by atoms with Crippen molar-refractivity contribution in [3.63, 3.8) is 0 Å². The highest BCUT2D eigenvalue weighted by molar-refractivity contribution is 5.93. The number of hydrogen-bond donors (Lipinski definition) is 0. The van der Waals surface area contributed by atoms with Gasteiger partial charge in [-0.2, -0.15) is 0 Å². The van der Waals surface area contributed by atoms with Gasteiger partial charge in [-0.15, -0.1) is 0 Å². The maximum Gasteiger partial charge on any atom is 0.342 e. The van der Waals surface area contributed by atoms with Crippen LogP contribution in [0.15, 0.2) is 24.3 Å². The van der Waals surface area contributed by atoms with Crippen molar-refractivity contribution < 1.29 is 19.1 Å². The first-order chi connectivity index (χ1) is 9.16. The Hall–Kier alpha value is -1.84. The van der Waals surface area contributed by atoms with Crippen LogP contribution in [-0.4, -0.2) is 18.0 Å². The lowest BCUT2D eigenvalue weighted by atomic mass is 9.98. The Bertz CT molecular complexity index is 461. The van der Waals surface area contributed by atoms with Crippen LogP contribution in [-0.2, 0) is 9.53 Å². The zero-order valence-corrected chi connectivity index (χ0v) is 11.1.